The summed E-state index contributed by atoms with van der Waals surface area (Å²) < 4.78 is 0. The van der Waals surface area contributed by atoms with Gasteiger partial charge in [-0.1, -0.05) is 0 Å². The highest BCUT2D eigenvalue weighted by molar-refractivity contribution is 6.07. The van der Waals surface area contributed by atoms with Gasteiger partial charge in [0.1, 0.15) is 6.04 Å². The molecule has 8 heteroatoms. The number of hydrogen-bond donors (Lipinski definition) is 2. The Kier molecular flexibility index (Phi) is 3.33. The fraction of sp³-hybridized carbons (Fsp3) is 0.267. The minimum atomic E-state index is -1.24. The van der Waals surface area contributed by atoms with E-state index in [2.05, 4.69) is 5.32 Å². The van der Waals surface area contributed by atoms with Crippen molar-refractivity contribution in [1.29, 1.82) is 5.26 Å². The Morgan fingerprint density at radius 3 is 2.70 bits per heavy atom. The van der Waals surface area contributed by atoms with Crippen molar-refractivity contribution in [1.82, 2.24) is 10.2 Å². The normalized spacial score (nSPS) is 20.0. The number of hydrogen-bond acceptors (Lipinski definition) is 5. The fourth-order valence-electron chi connectivity index (χ4n) is 2.92. The number of carbonyl (C=O) groups is 4. The minimum absolute atomic E-state index is 0.0339. The zero-order valence-electron chi connectivity index (χ0n) is 11.8. The first-order valence-electron chi connectivity index (χ1n) is 6.87. The lowest BCUT2D eigenvalue weighted by Gasteiger charge is -2.29. The van der Waals surface area contributed by atoms with Crippen LogP contribution >= 0.6 is 0 Å². The molecule has 1 atom stereocenters. The summed E-state index contributed by atoms with van der Waals surface area (Å²) in [5, 5.41) is 20.4. The molecule has 2 aliphatic rings. The van der Waals surface area contributed by atoms with Gasteiger partial charge in [0, 0.05) is 18.5 Å². The minimum Gasteiger partial charge on any atom is -0.478 e. The molecule has 0 radical (unpaired) electrons. The van der Waals surface area contributed by atoms with Crippen molar-refractivity contribution in [2.24, 2.45) is 0 Å². The van der Waals surface area contributed by atoms with Gasteiger partial charge in [-0.25, -0.2) is 4.79 Å². The van der Waals surface area contributed by atoms with Gasteiger partial charge in [0.2, 0.25) is 11.8 Å². The molecular formula is C15H11N3O5. The van der Waals surface area contributed by atoms with Crippen LogP contribution in [0, 0.1) is 11.3 Å². The van der Waals surface area contributed by atoms with Gasteiger partial charge in [-0.05, 0) is 24.1 Å². The fourth-order valence-corrected chi connectivity index (χ4v) is 2.92. The number of rotatable bonds is 2. The number of fused-ring (bicyclic) bond motifs is 1. The van der Waals surface area contributed by atoms with Gasteiger partial charge < -0.3 is 10.0 Å². The molecule has 8 nitrogen and oxygen atoms in total. The van der Waals surface area contributed by atoms with E-state index in [4.69, 9.17) is 5.26 Å². The van der Waals surface area contributed by atoms with E-state index in [0.29, 0.717) is 0 Å². The van der Waals surface area contributed by atoms with Gasteiger partial charge in [-0.2, -0.15) is 5.26 Å². The predicted molar refractivity (Wildman–Crippen MR) is 74.2 cm³/mol. The molecule has 23 heavy (non-hydrogen) atoms. The van der Waals surface area contributed by atoms with Gasteiger partial charge in [0.05, 0.1) is 17.2 Å². The third-order valence-corrected chi connectivity index (χ3v) is 4.02. The largest absolute Gasteiger partial charge is 0.478 e. The molecule has 2 N–H and O–H groups in total. The molecule has 3 rings (SSSR count). The number of carbonyl (C=O) groups excluding carboxylic acids is 3. The van der Waals surface area contributed by atoms with Crippen LogP contribution in [0.1, 0.15) is 44.7 Å². The average molecular weight is 313 g/mol. The number of nitriles is 1. The number of carboxylic acids is 1. The van der Waals surface area contributed by atoms with Crippen LogP contribution in [0.3, 0.4) is 0 Å². The van der Waals surface area contributed by atoms with Crippen molar-refractivity contribution in [2.75, 3.05) is 0 Å². The summed E-state index contributed by atoms with van der Waals surface area (Å²) in [5.41, 5.74) is 0.346. The second-order valence-electron chi connectivity index (χ2n) is 5.37. The van der Waals surface area contributed by atoms with Crippen molar-refractivity contribution >= 4 is 23.7 Å². The monoisotopic (exact) mass is 313 g/mol. The Hall–Kier alpha value is -3.21. The molecule has 1 aromatic carbocycles. The standard InChI is InChI=1S/C15H11N3O5/c16-5-7-3-8-10(9(4-7)15(22)23)6-18(14(8)21)11-1-2-12(19)17-13(11)20/h3-4,11H,1-2,6H2,(H,22,23)(H,17,19,20). The van der Waals surface area contributed by atoms with Gasteiger partial charge in [0.15, 0.2) is 0 Å². The zero-order valence-corrected chi connectivity index (χ0v) is 11.8. The molecule has 1 aromatic rings. The molecule has 1 unspecified atom stereocenters. The van der Waals surface area contributed by atoms with Crippen molar-refractivity contribution in [3.63, 3.8) is 0 Å². The van der Waals surface area contributed by atoms with E-state index in [1.807, 2.05) is 6.07 Å². The van der Waals surface area contributed by atoms with Gasteiger partial charge in [-0.3, -0.25) is 19.7 Å². The Morgan fingerprint density at radius 1 is 1.35 bits per heavy atom. The molecule has 3 amide bonds. The van der Waals surface area contributed by atoms with Crippen LogP contribution in [0.5, 0.6) is 0 Å². The number of nitrogens with one attached hydrogen (secondary N) is 1. The second-order valence-corrected chi connectivity index (χ2v) is 5.37. The van der Waals surface area contributed by atoms with E-state index >= 15 is 0 Å². The van der Waals surface area contributed by atoms with E-state index in [0.717, 1.165) is 0 Å². The van der Waals surface area contributed by atoms with Crippen LogP contribution in [-0.4, -0.2) is 39.7 Å². The maximum atomic E-state index is 12.5. The first-order chi connectivity index (χ1) is 10.9. The first kappa shape index (κ1) is 14.7. The van der Waals surface area contributed by atoms with Crippen LogP contribution < -0.4 is 5.32 Å². The zero-order chi connectivity index (χ0) is 16.7. The maximum Gasteiger partial charge on any atom is 0.336 e. The third kappa shape index (κ3) is 2.32. The average Bonchev–Trinajstić information content (AvgIpc) is 2.83. The SMILES string of the molecule is N#Cc1cc(C(=O)O)c2c(c1)C(=O)N(C1CCC(=O)NC1=O)C2. The summed E-state index contributed by atoms with van der Waals surface area (Å²) in [7, 11) is 0. The molecule has 2 heterocycles. The van der Waals surface area contributed by atoms with E-state index < -0.39 is 29.7 Å². The lowest BCUT2D eigenvalue weighted by molar-refractivity contribution is -0.136. The second kappa shape index (κ2) is 5.21. The Bertz CT molecular complexity index is 808. The Morgan fingerprint density at radius 2 is 2.09 bits per heavy atom. The summed E-state index contributed by atoms with van der Waals surface area (Å²) in [6.07, 6.45) is 0.309. The highest BCUT2D eigenvalue weighted by Gasteiger charge is 2.40. The van der Waals surface area contributed by atoms with Crippen molar-refractivity contribution in [3.05, 3.63) is 34.4 Å². The molecule has 0 saturated carbocycles. The van der Waals surface area contributed by atoms with Crippen LogP contribution in [0.25, 0.3) is 0 Å². The molecular weight excluding hydrogens is 302 g/mol. The van der Waals surface area contributed by atoms with Crippen molar-refractivity contribution in [2.45, 2.75) is 25.4 Å². The van der Waals surface area contributed by atoms with Gasteiger partial charge in [-0.15, -0.1) is 0 Å². The van der Waals surface area contributed by atoms with Crippen molar-refractivity contribution in [3.8, 4) is 6.07 Å². The number of carboxylic acid groups (broad SMARTS) is 1. The first-order valence-corrected chi connectivity index (χ1v) is 6.87. The highest BCUT2D eigenvalue weighted by Crippen LogP contribution is 2.30. The summed E-state index contributed by atoms with van der Waals surface area (Å²) in [6, 6.07) is 3.54. The van der Waals surface area contributed by atoms with Gasteiger partial charge in [0.25, 0.3) is 5.91 Å². The van der Waals surface area contributed by atoms with Crippen LogP contribution in [0.4, 0.5) is 0 Å². The molecule has 116 valence electrons. The summed E-state index contributed by atoms with van der Waals surface area (Å²) in [6.45, 7) is -0.0339. The number of benzene rings is 1. The molecule has 1 fully saturated rings. The Balaban J connectivity index is 2.01. The van der Waals surface area contributed by atoms with E-state index in [-0.39, 0.29) is 41.6 Å². The molecule has 0 spiro atoms. The van der Waals surface area contributed by atoms with Crippen LogP contribution in [0.2, 0.25) is 0 Å². The third-order valence-electron chi connectivity index (χ3n) is 4.02. The Labute approximate surface area is 130 Å². The predicted octanol–water partition coefficient (Wildman–Crippen LogP) is 0.0175. The highest BCUT2D eigenvalue weighted by atomic mass is 16.4. The van der Waals surface area contributed by atoms with Gasteiger partial charge >= 0.3 is 5.97 Å². The number of nitrogens with zero attached hydrogens (tertiary/aromatic N) is 2. The smallest absolute Gasteiger partial charge is 0.336 e. The summed E-state index contributed by atoms with van der Waals surface area (Å²) in [5.74, 6) is -2.71. The van der Waals surface area contributed by atoms with E-state index in [9.17, 15) is 24.3 Å². The van der Waals surface area contributed by atoms with E-state index in [1.165, 1.54) is 17.0 Å². The van der Waals surface area contributed by atoms with Crippen LogP contribution in [-0.2, 0) is 16.1 Å². The number of piperidine rings is 1. The lowest BCUT2D eigenvalue weighted by atomic mass is 10.00. The topological polar surface area (TPSA) is 128 Å². The number of amides is 3. The number of imide groups is 1. The van der Waals surface area contributed by atoms with E-state index in [1.54, 1.807) is 0 Å². The van der Waals surface area contributed by atoms with Crippen molar-refractivity contribution < 1.29 is 24.3 Å². The summed E-state index contributed by atoms with van der Waals surface area (Å²) >= 11 is 0. The number of aromatic carboxylic acids is 1. The molecule has 0 bridgehead atoms. The summed E-state index contributed by atoms with van der Waals surface area (Å²) in [4.78, 5) is 48.3. The molecule has 0 aromatic heterocycles. The quantitative estimate of drug-likeness (QED) is 0.741. The molecule has 1 saturated heterocycles. The molecule has 0 aliphatic carbocycles. The maximum absolute atomic E-state index is 12.5. The molecule has 2 aliphatic heterocycles. The lowest BCUT2D eigenvalue weighted by Crippen LogP contribution is -2.52. The van der Waals surface area contributed by atoms with Crippen LogP contribution in [0.15, 0.2) is 12.1 Å².